The Hall–Kier alpha value is -0.370. The Morgan fingerprint density at radius 3 is 1.75 bits per heavy atom. The van der Waals surface area contributed by atoms with Crippen molar-refractivity contribution in [2.75, 3.05) is 0 Å². The number of rotatable bonds is 4. The molecule has 0 saturated heterocycles. The van der Waals surface area contributed by atoms with Crippen LogP contribution in [0.1, 0.15) is 0 Å². The van der Waals surface area contributed by atoms with Crippen LogP contribution in [0, 0.1) is 0 Å². The van der Waals surface area contributed by atoms with Crippen molar-refractivity contribution in [1.29, 1.82) is 0 Å². The van der Waals surface area contributed by atoms with Gasteiger partial charge in [-0.2, -0.15) is 34.6 Å². The topological polar surface area (TPSA) is 101 Å². The summed E-state index contributed by atoms with van der Waals surface area (Å²) in [5, 5.41) is -5.80. The second kappa shape index (κ2) is 4.48. The highest BCUT2D eigenvalue weighted by molar-refractivity contribution is 7.87. The van der Waals surface area contributed by atoms with Gasteiger partial charge in [-0.05, 0) is 0 Å². The molecular formula is C3H3F5O6S2. The molecule has 16 heavy (non-hydrogen) atoms. The SMILES string of the molecule is O=S(O)OC(C(F)(F)F)C(F)(F)S(=O)(=O)O. The lowest BCUT2D eigenvalue weighted by Gasteiger charge is -2.24. The Kier molecular flexibility index (Phi) is 4.38. The van der Waals surface area contributed by atoms with Gasteiger partial charge in [0.15, 0.2) is 0 Å². The van der Waals surface area contributed by atoms with Crippen molar-refractivity contribution in [3.63, 3.8) is 0 Å². The van der Waals surface area contributed by atoms with E-state index in [0.717, 1.165) is 0 Å². The van der Waals surface area contributed by atoms with Gasteiger partial charge in [0.05, 0.1) is 0 Å². The minimum absolute atomic E-state index is 2.82. The van der Waals surface area contributed by atoms with Crippen LogP contribution in [-0.4, -0.2) is 39.3 Å². The van der Waals surface area contributed by atoms with Gasteiger partial charge in [0.2, 0.25) is 0 Å². The molecule has 0 aliphatic rings. The van der Waals surface area contributed by atoms with Crippen LogP contribution in [0.4, 0.5) is 22.0 Å². The van der Waals surface area contributed by atoms with Gasteiger partial charge >= 0.3 is 32.9 Å². The van der Waals surface area contributed by atoms with Crippen LogP contribution in [0.5, 0.6) is 0 Å². The number of halogens is 5. The van der Waals surface area contributed by atoms with Gasteiger partial charge in [0.1, 0.15) is 0 Å². The van der Waals surface area contributed by atoms with Crippen molar-refractivity contribution in [3.8, 4) is 0 Å². The molecule has 2 atom stereocenters. The summed E-state index contributed by atoms with van der Waals surface area (Å²) in [4.78, 5) is 0. The first kappa shape index (κ1) is 15.6. The van der Waals surface area contributed by atoms with E-state index in [1.54, 1.807) is 0 Å². The molecule has 0 amide bonds. The number of hydrogen-bond acceptors (Lipinski definition) is 4. The van der Waals surface area contributed by atoms with Crippen LogP contribution in [0.15, 0.2) is 0 Å². The minimum Gasteiger partial charge on any atom is -0.284 e. The van der Waals surface area contributed by atoms with E-state index in [-0.39, 0.29) is 0 Å². The zero-order valence-electron chi connectivity index (χ0n) is 6.81. The van der Waals surface area contributed by atoms with E-state index in [2.05, 4.69) is 4.18 Å². The molecule has 0 heterocycles. The fourth-order valence-corrected chi connectivity index (χ4v) is 1.43. The van der Waals surface area contributed by atoms with E-state index in [1.807, 2.05) is 0 Å². The maximum absolute atomic E-state index is 12.5. The van der Waals surface area contributed by atoms with Crippen molar-refractivity contribution in [1.82, 2.24) is 0 Å². The minimum atomic E-state index is -6.45. The molecule has 0 aliphatic heterocycles. The molecule has 0 bridgehead atoms. The molecule has 0 saturated carbocycles. The van der Waals surface area contributed by atoms with E-state index in [9.17, 15) is 34.6 Å². The lowest BCUT2D eigenvalue weighted by atomic mass is 10.4. The maximum Gasteiger partial charge on any atom is 0.423 e. The molecule has 0 radical (unpaired) electrons. The average Bonchev–Trinajstić information content (AvgIpc) is 1.95. The summed E-state index contributed by atoms with van der Waals surface area (Å²) in [7, 11) is -6.45. The highest BCUT2D eigenvalue weighted by Crippen LogP contribution is 2.38. The first-order valence-electron chi connectivity index (χ1n) is 2.99. The van der Waals surface area contributed by atoms with Gasteiger partial charge in [-0.15, -0.1) is 0 Å². The van der Waals surface area contributed by atoms with Crippen LogP contribution in [-0.2, 0) is 25.7 Å². The predicted octanol–water partition coefficient (Wildman–Crippen LogP) is 0.551. The third-order valence-electron chi connectivity index (χ3n) is 1.12. The molecule has 0 aliphatic carbocycles. The van der Waals surface area contributed by atoms with Crippen molar-refractivity contribution in [2.45, 2.75) is 17.5 Å². The summed E-state index contributed by atoms with van der Waals surface area (Å²) < 4.78 is 109. The quantitative estimate of drug-likeness (QED) is 0.446. The Balaban J connectivity index is 5.45. The summed E-state index contributed by atoms with van der Waals surface area (Å²) >= 11 is -3.80. The molecule has 0 aromatic rings. The molecule has 6 nitrogen and oxygen atoms in total. The normalized spacial score (nSPS) is 18.2. The second-order valence-electron chi connectivity index (χ2n) is 2.27. The second-order valence-corrected chi connectivity index (χ2v) is 4.39. The van der Waals surface area contributed by atoms with E-state index < -0.39 is 39.0 Å². The predicted molar refractivity (Wildman–Crippen MR) is 38.2 cm³/mol. The summed E-state index contributed by atoms with van der Waals surface area (Å²) in [5.41, 5.74) is 0. The smallest absolute Gasteiger partial charge is 0.284 e. The van der Waals surface area contributed by atoms with Gasteiger partial charge in [0, 0.05) is 0 Å². The molecule has 0 aromatic heterocycles. The molecule has 0 spiro atoms. The first-order valence-corrected chi connectivity index (χ1v) is 5.47. The van der Waals surface area contributed by atoms with E-state index in [1.165, 1.54) is 0 Å². The Morgan fingerprint density at radius 1 is 1.19 bits per heavy atom. The van der Waals surface area contributed by atoms with E-state index in [4.69, 9.17) is 9.11 Å². The summed E-state index contributed by atoms with van der Waals surface area (Å²) in [6.45, 7) is 0. The fraction of sp³-hybridized carbons (Fsp3) is 1.00. The molecule has 0 fully saturated rings. The Morgan fingerprint density at radius 2 is 1.56 bits per heavy atom. The van der Waals surface area contributed by atoms with Gasteiger partial charge in [0.25, 0.3) is 6.10 Å². The van der Waals surface area contributed by atoms with Crippen molar-refractivity contribution < 1.29 is 47.9 Å². The van der Waals surface area contributed by atoms with E-state index >= 15 is 0 Å². The summed E-state index contributed by atoms with van der Waals surface area (Å²) in [6.07, 6.45) is -10.4. The largest absolute Gasteiger partial charge is 0.423 e. The Labute approximate surface area is 87.6 Å². The van der Waals surface area contributed by atoms with Crippen molar-refractivity contribution >= 4 is 21.5 Å². The summed E-state index contributed by atoms with van der Waals surface area (Å²) in [6, 6.07) is 0. The number of hydrogen-bond donors (Lipinski definition) is 2. The molecule has 0 rings (SSSR count). The summed E-state index contributed by atoms with van der Waals surface area (Å²) in [5.74, 6) is 0. The molecule has 98 valence electrons. The third-order valence-corrected chi connectivity index (χ3v) is 2.38. The lowest BCUT2D eigenvalue weighted by Crippen LogP contribution is -2.51. The highest BCUT2D eigenvalue weighted by Gasteiger charge is 2.65. The lowest BCUT2D eigenvalue weighted by molar-refractivity contribution is -0.238. The van der Waals surface area contributed by atoms with Gasteiger partial charge in [-0.1, -0.05) is 0 Å². The zero-order chi connectivity index (χ0) is 13.4. The average molecular weight is 294 g/mol. The van der Waals surface area contributed by atoms with Crippen LogP contribution < -0.4 is 0 Å². The highest BCUT2D eigenvalue weighted by atomic mass is 32.2. The van der Waals surface area contributed by atoms with E-state index in [0.29, 0.717) is 0 Å². The zero-order valence-corrected chi connectivity index (χ0v) is 8.44. The van der Waals surface area contributed by atoms with Gasteiger partial charge in [-0.3, -0.25) is 9.11 Å². The Bertz CT molecular complexity index is 372. The van der Waals surface area contributed by atoms with Crippen LogP contribution in [0.25, 0.3) is 0 Å². The number of alkyl halides is 5. The van der Waals surface area contributed by atoms with Crippen molar-refractivity contribution in [2.24, 2.45) is 0 Å². The van der Waals surface area contributed by atoms with Crippen LogP contribution in [0.2, 0.25) is 0 Å². The third kappa shape index (κ3) is 3.58. The van der Waals surface area contributed by atoms with Gasteiger partial charge < -0.3 is 0 Å². The molecule has 2 N–H and O–H groups in total. The van der Waals surface area contributed by atoms with Crippen LogP contribution in [0.3, 0.4) is 0 Å². The van der Waals surface area contributed by atoms with Crippen molar-refractivity contribution in [3.05, 3.63) is 0 Å². The standard InChI is InChI=1S/C3H3F5O6S2/c4-2(5,6)1(14-15(9)10)3(7,8)16(11,12)13/h1H,(H,9,10)(H,11,12,13). The molecular weight excluding hydrogens is 291 g/mol. The first-order chi connectivity index (χ1) is 6.80. The monoisotopic (exact) mass is 294 g/mol. The molecule has 13 heteroatoms. The molecule has 2 unspecified atom stereocenters. The van der Waals surface area contributed by atoms with Gasteiger partial charge in [-0.25, -0.2) is 4.18 Å². The maximum atomic E-state index is 12.5. The fourth-order valence-electron chi connectivity index (χ4n) is 0.519. The molecule has 0 aromatic carbocycles. The van der Waals surface area contributed by atoms with Crippen LogP contribution >= 0.6 is 0 Å².